The molecule has 0 saturated heterocycles. The molecule has 2 aliphatic heterocycles. The molecule has 29 heavy (non-hydrogen) atoms. The predicted molar refractivity (Wildman–Crippen MR) is 116 cm³/mol. The molecular weight excluding hydrogens is 365 g/mol. The van der Waals surface area contributed by atoms with Crippen molar-refractivity contribution in [2.24, 2.45) is 4.99 Å². The topological polar surface area (TPSA) is 36.9 Å². The lowest BCUT2D eigenvalue weighted by molar-refractivity contribution is 0.198. The number of halogens is 1. The number of hydrogen-bond acceptors (Lipinski definition) is 4. The van der Waals surface area contributed by atoms with E-state index in [1.807, 2.05) is 0 Å². The molecule has 2 aromatic rings. The lowest BCUT2D eigenvalue weighted by atomic mass is 10.0. The highest BCUT2D eigenvalue weighted by Crippen LogP contribution is 2.19. The van der Waals surface area contributed by atoms with E-state index in [0.717, 1.165) is 45.0 Å². The lowest BCUT2D eigenvalue weighted by Crippen LogP contribution is -2.40. The van der Waals surface area contributed by atoms with Crippen molar-refractivity contribution in [3.05, 3.63) is 71.5 Å². The molecule has 1 N–H and O–H groups in total. The van der Waals surface area contributed by atoms with Crippen molar-refractivity contribution in [3.8, 4) is 0 Å². The second-order valence-electron chi connectivity index (χ2n) is 7.46. The first-order valence-corrected chi connectivity index (χ1v) is 10.7. The number of fused-ring (bicyclic) bond motifs is 1. The molecule has 4 nitrogen and oxygen atoms in total. The van der Waals surface area contributed by atoms with Gasteiger partial charge in [0, 0.05) is 19.6 Å². The Hall–Kier alpha value is -2.40. The normalized spacial score (nSPS) is 18.0. The molecule has 156 valence electrons. The third-order valence-electron chi connectivity index (χ3n) is 5.20. The van der Waals surface area contributed by atoms with Crippen molar-refractivity contribution in [1.29, 1.82) is 0 Å². The first kappa shape index (κ1) is 21.3. The molecule has 0 unspecified atom stereocenters. The maximum atomic E-state index is 11.9. The Morgan fingerprint density at radius 2 is 1.55 bits per heavy atom. The minimum absolute atomic E-state index is 0.178. The SMILES string of the molecule is C1CCC1.Fc1ccccc1.c1ccc2c(c1)CCN(C1=NCCCNCO1)C2. The predicted octanol–water partition coefficient (Wildman–Crippen LogP) is 4.75. The Labute approximate surface area is 173 Å². The van der Waals surface area contributed by atoms with Gasteiger partial charge in [-0.1, -0.05) is 68.1 Å². The van der Waals surface area contributed by atoms with E-state index in [0.29, 0.717) is 6.73 Å². The molecule has 1 fully saturated rings. The average molecular weight is 398 g/mol. The lowest BCUT2D eigenvalue weighted by Gasteiger charge is -2.31. The summed E-state index contributed by atoms with van der Waals surface area (Å²) in [7, 11) is 0. The van der Waals surface area contributed by atoms with E-state index in [-0.39, 0.29) is 5.82 Å². The Balaban J connectivity index is 0.000000178. The molecule has 2 heterocycles. The second-order valence-corrected chi connectivity index (χ2v) is 7.46. The number of nitrogens with one attached hydrogen (secondary N) is 1. The maximum Gasteiger partial charge on any atom is 0.288 e. The number of rotatable bonds is 0. The van der Waals surface area contributed by atoms with Crippen molar-refractivity contribution >= 4 is 6.02 Å². The van der Waals surface area contributed by atoms with Gasteiger partial charge in [-0.25, -0.2) is 9.38 Å². The first-order chi connectivity index (χ1) is 14.3. The van der Waals surface area contributed by atoms with Gasteiger partial charge in [-0.3, -0.25) is 5.32 Å². The van der Waals surface area contributed by atoms with Crippen LogP contribution >= 0.6 is 0 Å². The third-order valence-corrected chi connectivity index (χ3v) is 5.20. The van der Waals surface area contributed by atoms with Crippen LogP contribution in [0, 0.1) is 5.82 Å². The summed E-state index contributed by atoms with van der Waals surface area (Å²) < 4.78 is 17.6. The molecule has 5 rings (SSSR count). The molecule has 5 heteroatoms. The average Bonchev–Trinajstić information content (AvgIpc) is 2.67. The molecule has 0 atom stereocenters. The van der Waals surface area contributed by atoms with Crippen LogP contribution in [-0.4, -0.2) is 37.3 Å². The highest BCUT2D eigenvalue weighted by atomic mass is 19.1. The largest absolute Gasteiger partial charge is 0.449 e. The van der Waals surface area contributed by atoms with Gasteiger partial charge in [0.2, 0.25) is 0 Å². The third kappa shape index (κ3) is 7.50. The zero-order chi connectivity index (χ0) is 20.2. The van der Waals surface area contributed by atoms with E-state index in [4.69, 9.17) is 4.74 Å². The molecule has 1 aliphatic carbocycles. The second kappa shape index (κ2) is 12.2. The van der Waals surface area contributed by atoms with Crippen LogP contribution in [0.3, 0.4) is 0 Å². The summed E-state index contributed by atoms with van der Waals surface area (Å²) in [4.78, 5) is 6.81. The van der Waals surface area contributed by atoms with Gasteiger partial charge in [0.1, 0.15) is 12.5 Å². The van der Waals surface area contributed by atoms with Crippen molar-refractivity contribution in [1.82, 2.24) is 10.2 Å². The van der Waals surface area contributed by atoms with E-state index in [1.54, 1.807) is 18.2 Å². The van der Waals surface area contributed by atoms with Crippen molar-refractivity contribution in [3.63, 3.8) is 0 Å². The molecule has 0 bridgehead atoms. The quantitative estimate of drug-likeness (QED) is 0.697. The number of ether oxygens (including phenoxy) is 1. The van der Waals surface area contributed by atoms with Crippen LogP contribution in [0.1, 0.15) is 43.2 Å². The summed E-state index contributed by atoms with van der Waals surface area (Å²) >= 11 is 0. The Morgan fingerprint density at radius 1 is 0.862 bits per heavy atom. The summed E-state index contributed by atoms with van der Waals surface area (Å²) in [5, 5.41) is 3.25. The van der Waals surface area contributed by atoms with Crippen molar-refractivity contribution < 1.29 is 9.13 Å². The number of nitrogens with zero attached hydrogens (tertiary/aromatic N) is 2. The van der Waals surface area contributed by atoms with Crippen molar-refractivity contribution in [2.45, 2.75) is 45.1 Å². The van der Waals surface area contributed by atoms with Gasteiger partial charge in [-0.05, 0) is 42.6 Å². The van der Waals surface area contributed by atoms with E-state index in [2.05, 4.69) is 39.5 Å². The highest BCUT2D eigenvalue weighted by molar-refractivity contribution is 5.74. The van der Waals surface area contributed by atoms with Crippen LogP contribution < -0.4 is 5.32 Å². The number of benzene rings is 2. The summed E-state index contributed by atoms with van der Waals surface area (Å²) in [6, 6.07) is 17.4. The first-order valence-electron chi connectivity index (χ1n) is 10.7. The van der Waals surface area contributed by atoms with Crippen LogP contribution in [0.2, 0.25) is 0 Å². The van der Waals surface area contributed by atoms with Gasteiger partial charge in [-0.2, -0.15) is 0 Å². The smallest absolute Gasteiger partial charge is 0.288 e. The summed E-state index contributed by atoms with van der Waals surface area (Å²) in [6.07, 6.45) is 8.16. The van der Waals surface area contributed by atoms with Gasteiger partial charge in [0.25, 0.3) is 6.02 Å². The summed E-state index contributed by atoms with van der Waals surface area (Å²) in [6.45, 7) is 4.31. The summed E-state index contributed by atoms with van der Waals surface area (Å²) in [5.41, 5.74) is 2.85. The Bertz CT molecular complexity index is 743. The molecule has 1 saturated carbocycles. The monoisotopic (exact) mass is 397 g/mol. The molecule has 2 aromatic carbocycles. The van der Waals surface area contributed by atoms with Gasteiger partial charge in [-0.15, -0.1) is 0 Å². The fourth-order valence-electron chi connectivity index (χ4n) is 3.13. The number of hydrogen-bond donors (Lipinski definition) is 1. The minimum Gasteiger partial charge on any atom is -0.449 e. The van der Waals surface area contributed by atoms with Crippen LogP contribution in [-0.2, 0) is 17.7 Å². The van der Waals surface area contributed by atoms with Crippen LogP contribution in [0.15, 0.2) is 59.6 Å². The van der Waals surface area contributed by atoms with E-state index < -0.39 is 0 Å². The Morgan fingerprint density at radius 3 is 2.21 bits per heavy atom. The molecule has 0 aromatic heterocycles. The van der Waals surface area contributed by atoms with Crippen molar-refractivity contribution in [2.75, 3.05) is 26.4 Å². The fraction of sp³-hybridized carbons (Fsp3) is 0.458. The molecule has 3 aliphatic rings. The zero-order valence-electron chi connectivity index (χ0n) is 17.2. The molecule has 0 radical (unpaired) electrons. The summed E-state index contributed by atoms with van der Waals surface area (Å²) in [5.74, 6) is -0.178. The number of aliphatic imine (C=N–C) groups is 1. The zero-order valence-corrected chi connectivity index (χ0v) is 17.2. The van der Waals surface area contributed by atoms with Gasteiger partial charge < -0.3 is 9.64 Å². The van der Waals surface area contributed by atoms with Gasteiger partial charge in [0.05, 0.1) is 0 Å². The minimum atomic E-state index is -0.178. The number of amidine groups is 1. The highest BCUT2D eigenvalue weighted by Gasteiger charge is 2.20. The standard InChI is InChI=1S/C14H19N3O.C6H5F.C4H8/c1-2-5-13-10-17(9-6-12(13)4-1)14-16-8-3-7-15-11-18-14;7-6-4-2-1-3-5-6;1-2-4-3-1/h1-2,4-5,15H,3,6-11H2;1-5H;1-4H2. The fourth-order valence-corrected chi connectivity index (χ4v) is 3.13. The van der Waals surface area contributed by atoms with Crippen LogP contribution in [0.25, 0.3) is 0 Å². The van der Waals surface area contributed by atoms with Crippen LogP contribution in [0.4, 0.5) is 4.39 Å². The van der Waals surface area contributed by atoms with E-state index in [1.165, 1.54) is 48.9 Å². The van der Waals surface area contributed by atoms with Crippen LogP contribution in [0.5, 0.6) is 0 Å². The van der Waals surface area contributed by atoms with Gasteiger partial charge >= 0.3 is 0 Å². The maximum absolute atomic E-state index is 11.9. The van der Waals surface area contributed by atoms with E-state index in [9.17, 15) is 4.39 Å². The molecule has 0 amide bonds. The van der Waals surface area contributed by atoms with E-state index >= 15 is 0 Å². The Kier molecular flexibility index (Phi) is 8.98. The molecule has 0 spiro atoms. The molecular formula is C24H32FN3O. The van der Waals surface area contributed by atoms with Gasteiger partial charge in [0.15, 0.2) is 0 Å².